The monoisotopic (exact) mass is 510 g/mol. The number of carboxylic acids is 4. The van der Waals surface area contributed by atoms with E-state index in [1.165, 1.54) is 0 Å². The molecule has 2 aliphatic carbocycles. The van der Waals surface area contributed by atoms with Gasteiger partial charge in [-0.2, -0.15) is 0 Å². The lowest BCUT2D eigenvalue weighted by Crippen LogP contribution is -2.62. The Balaban J connectivity index is 2.56. The van der Waals surface area contributed by atoms with Crippen molar-refractivity contribution in [3.63, 3.8) is 0 Å². The average molecular weight is 511 g/mol. The Kier molecular flexibility index (Phi) is 11.2. The normalized spacial score (nSPS) is 27.9. The van der Waals surface area contributed by atoms with Crippen molar-refractivity contribution in [1.82, 2.24) is 0 Å². The van der Waals surface area contributed by atoms with Crippen LogP contribution in [0.15, 0.2) is 0 Å². The van der Waals surface area contributed by atoms with Crippen LogP contribution in [0.4, 0.5) is 0 Å². The molecule has 2 aliphatic rings. The molecular weight excluding hydrogens is 464 g/mol. The van der Waals surface area contributed by atoms with Gasteiger partial charge in [0, 0.05) is 0 Å². The largest absolute Gasteiger partial charge is 0.481 e. The molecule has 0 aromatic carbocycles. The van der Waals surface area contributed by atoms with Gasteiger partial charge in [-0.05, 0) is 49.4 Å². The number of aliphatic carboxylic acids is 4. The summed E-state index contributed by atoms with van der Waals surface area (Å²) in [4.78, 5) is 50.7. The van der Waals surface area contributed by atoms with Crippen LogP contribution in [-0.4, -0.2) is 44.3 Å². The lowest BCUT2D eigenvalue weighted by molar-refractivity contribution is -0.200. The van der Waals surface area contributed by atoms with Crippen LogP contribution in [0.3, 0.4) is 0 Å². The molecule has 2 fully saturated rings. The van der Waals surface area contributed by atoms with Crippen LogP contribution in [0.2, 0.25) is 0 Å². The summed E-state index contributed by atoms with van der Waals surface area (Å²) in [5.41, 5.74) is -4.36. The topological polar surface area (TPSA) is 149 Å². The zero-order chi connectivity index (χ0) is 26.9. The Hall–Kier alpha value is -2.12. The number of carbonyl (C=O) groups is 4. The molecule has 0 heterocycles. The summed E-state index contributed by atoms with van der Waals surface area (Å²) in [5.74, 6) is -6.31. The Morgan fingerprint density at radius 1 is 0.583 bits per heavy atom. The smallest absolute Gasteiger partial charge is 0.311 e. The van der Waals surface area contributed by atoms with E-state index in [9.17, 15) is 39.6 Å². The second kappa shape index (κ2) is 13.4. The Labute approximate surface area is 214 Å². The van der Waals surface area contributed by atoms with E-state index in [-0.39, 0.29) is 0 Å². The zero-order valence-electron chi connectivity index (χ0n) is 22.0. The fourth-order valence-corrected chi connectivity index (χ4v) is 7.57. The second-order valence-corrected chi connectivity index (χ2v) is 11.4. The molecule has 0 radical (unpaired) electrons. The predicted octanol–water partition coefficient (Wildman–Crippen LogP) is 6.07. The highest BCUT2D eigenvalue weighted by molar-refractivity contribution is 5.93. The van der Waals surface area contributed by atoms with Gasteiger partial charge < -0.3 is 20.4 Å². The molecule has 0 saturated heterocycles. The van der Waals surface area contributed by atoms with Gasteiger partial charge in [0.15, 0.2) is 0 Å². The molecule has 0 aromatic rings. The minimum atomic E-state index is -2.18. The number of unbranched alkanes of at least 4 members (excludes halogenated alkanes) is 2. The van der Waals surface area contributed by atoms with Crippen molar-refractivity contribution in [2.45, 2.75) is 117 Å². The van der Waals surface area contributed by atoms with E-state index < -0.39 is 59.4 Å². The van der Waals surface area contributed by atoms with Crippen molar-refractivity contribution in [1.29, 1.82) is 0 Å². The molecular formula is C28H46O8. The Bertz CT molecular complexity index is 700. The predicted molar refractivity (Wildman–Crippen MR) is 135 cm³/mol. The molecule has 36 heavy (non-hydrogen) atoms. The molecule has 0 bridgehead atoms. The minimum Gasteiger partial charge on any atom is -0.481 e. The Morgan fingerprint density at radius 3 is 1.11 bits per heavy atom. The molecule has 0 aromatic heterocycles. The third kappa shape index (κ3) is 6.41. The highest BCUT2D eigenvalue weighted by Crippen LogP contribution is 2.61. The summed E-state index contributed by atoms with van der Waals surface area (Å²) in [7, 11) is 0. The molecule has 2 unspecified atom stereocenters. The van der Waals surface area contributed by atoms with E-state index in [2.05, 4.69) is 13.8 Å². The summed E-state index contributed by atoms with van der Waals surface area (Å²) in [6, 6.07) is 0. The standard InChI is InChI=1S/C28H46O8/c1-3-5-7-19-9-13-21(14-10-19)27(25(33)34,17-23(29)30)28(26(35)36,18-24(31)32)22-15-11-20(12-16-22)8-6-4-2/h19-22H,3-18H2,1-2H3,(H,29,30)(H,31,32)(H,33,34)(H,35,36). The van der Waals surface area contributed by atoms with Crippen molar-refractivity contribution < 1.29 is 39.6 Å². The SMILES string of the molecule is CCCCC1CCC(C(CC(=O)O)(C(=O)O)C(CC(=O)O)(C(=O)O)C2CCC(CCCC)CC2)CC1. The van der Waals surface area contributed by atoms with E-state index >= 15 is 0 Å². The first-order chi connectivity index (χ1) is 17.0. The summed E-state index contributed by atoms with van der Waals surface area (Å²) in [5, 5.41) is 41.2. The van der Waals surface area contributed by atoms with Gasteiger partial charge in [0.1, 0.15) is 0 Å². The lowest BCUT2D eigenvalue weighted by atomic mass is 9.46. The fourth-order valence-electron chi connectivity index (χ4n) is 7.57. The first-order valence-electron chi connectivity index (χ1n) is 13.9. The first kappa shape index (κ1) is 30.1. The summed E-state index contributed by atoms with van der Waals surface area (Å²) < 4.78 is 0. The van der Waals surface area contributed by atoms with Crippen molar-refractivity contribution in [3.05, 3.63) is 0 Å². The molecule has 206 valence electrons. The number of rotatable bonds is 15. The quantitative estimate of drug-likeness (QED) is 0.207. The average Bonchev–Trinajstić information content (AvgIpc) is 2.83. The van der Waals surface area contributed by atoms with Gasteiger partial charge in [0.05, 0.1) is 23.7 Å². The summed E-state index contributed by atoms with van der Waals surface area (Å²) in [6.07, 6.45) is 9.03. The molecule has 0 amide bonds. The molecule has 2 rings (SSSR count). The van der Waals surface area contributed by atoms with Crippen LogP contribution >= 0.6 is 0 Å². The number of carboxylic acid groups (broad SMARTS) is 4. The molecule has 2 saturated carbocycles. The zero-order valence-corrected chi connectivity index (χ0v) is 22.0. The lowest BCUT2D eigenvalue weighted by Gasteiger charge is -2.54. The van der Waals surface area contributed by atoms with Gasteiger partial charge in [-0.1, -0.05) is 78.1 Å². The van der Waals surface area contributed by atoms with Crippen LogP contribution in [0.1, 0.15) is 117 Å². The van der Waals surface area contributed by atoms with Gasteiger partial charge in [-0.15, -0.1) is 0 Å². The maximum Gasteiger partial charge on any atom is 0.311 e. The number of hydrogen-bond donors (Lipinski definition) is 4. The first-order valence-corrected chi connectivity index (χ1v) is 13.9. The van der Waals surface area contributed by atoms with Crippen LogP contribution in [0, 0.1) is 34.5 Å². The van der Waals surface area contributed by atoms with E-state index in [1.807, 2.05) is 0 Å². The van der Waals surface area contributed by atoms with Crippen LogP contribution in [-0.2, 0) is 19.2 Å². The third-order valence-corrected chi connectivity index (χ3v) is 9.44. The third-order valence-electron chi connectivity index (χ3n) is 9.44. The van der Waals surface area contributed by atoms with E-state index in [0.717, 1.165) is 38.5 Å². The highest BCUT2D eigenvalue weighted by atomic mass is 16.4. The molecule has 8 nitrogen and oxygen atoms in total. The van der Waals surface area contributed by atoms with Crippen molar-refractivity contribution in [3.8, 4) is 0 Å². The van der Waals surface area contributed by atoms with Crippen molar-refractivity contribution >= 4 is 23.9 Å². The maximum atomic E-state index is 13.2. The van der Waals surface area contributed by atoms with E-state index in [0.29, 0.717) is 63.2 Å². The van der Waals surface area contributed by atoms with Crippen LogP contribution in [0.25, 0.3) is 0 Å². The van der Waals surface area contributed by atoms with E-state index in [4.69, 9.17) is 0 Å². The summed E-state index contributed by atoms with van der Waals surface area (Å²) in [6.45, 7) is 4.22. The Morgan fingerprint density at radius 2 is 0.889 bits per heavy atom. The molecule has 4 N–H and O–H groups in total. The second-order valence-electron chi connectivity index (χ2n) is 11.4. The molecule has 8 heteroatoms. The van der Waals surface area contributed by atoms with Crippen LogP contribution in [0.5, 0.6) is 0 Å². The fraction of sp³-hybridized carbons (Fsp3) is 0.857. The minimum absolute atomic E-state index is 0.408. The maximum absolute atomic E-state index is 13.2. The molecule has 2 atom stereocenters. The van der Waals surface area contributed by atoms with Gasteiger partial charge in [0.25, 0.3) is 0 Å². The molecule has 0 aliphatic heterocycles. The summed E-state index contributed by atoms with van der Waals surface area (Å²) >= 11 is 0. The molecule has 0 spiro atoms. The number of hydrogen-bond acceptors (Lipinski definition) is 4. The van der Waals surface area contributed by atoms with Crippen molar-refractivity contribution in [2.75, 3.05) is 0 Å². The van der Waals surface area contributed by atoms with E-state index in [1.54, 1.807) is 0 Å². The van der Waals surface area contributed by atoms with Gasteiger partial charge >= 0.3 is 23.9 Å². The van der Waals surface area contributed by atoms with Crippen molar-refractivity contribution in [2.24, 2.45) is 34.5 Å². The van der Waals surface area contributed by atoms with Gasteiger partial charge in [-0.25, -0.2) is 0 Å². The van der Waals surface area contributed by atoms with Crippen LogP contribution < -0.4 is 0 Å². The van der Waals surface area contributed by atoms with Gasteiger partial charge in [0.2, 0.25) is 0 Å². The van der Waals surface area contributed by atoms with Gasteiger partial charge in [-0.3, -0.25) is 19.2 Å². The highest BCUT2D eigenvalue weighted by Gasteiger charge is 2.69.